The maximum atomic E-state index is 12.7. The van der Waals surface area contributed by atoms with Gasteiger partial charge in [0.2, 0.25) is 0 Å². The fourth-order valence-corrected chi connectivity index (χ4v) is 13.3. The lowest BCUT2D eigenvalue weighted by Crippen LogP contribution is -2.59. The zero-order chi connectivity index (χ0) is 110. The molecule has 9 amide bonds. The van der Waals surface area contributed by atoms with E-state index < -0.39 is 133 Å². The van der Waals surface area contributed by atoms with Gasteiger partial charge >= 0.3 is 54.3 Å². The first-order valence-electron chi connectivity index (χ1n) is 45.6. The third-order valence-corrected chi connectivity index (χ3v) is 21.8. The molecular formula is C99H166N14O28. The number of alkyl carbamates (subject to hydrolysis) is 5. The highest BCUT2D eigenvalue weighted by molar-refractivity contribution is 6.00. The van der Waals surface area contributed by atoms with Crippen molar-refractivity contribution in [1.82, 2.24) is 47.1 Å². The standard InChI is InChI=1S/C24H23N3O3.C16H29NO4.C13H24N2O5.C13H24N2O4.C13H23NO5.C12H22N2O4.C7H14N2O2.CH4.H3NO/c1-17(2)24(15-16-27(30)23(24)29)26-22(28)20-11-7-18(8-12-20)5-3-4-6-19-9-13-21(25)14-10-19;1-11(2)9-10-16(12(3)4,13(18)20-8)17-14(19)21-15(5,6)7;1-9(2)13(7-8-14-18,10(16)19-6)15-11(17)20-12(3,4)5;1-9(2)13(7-8-14,10(16)18-6)15-11(17)19-12(3,4)5;1-9(2)13(7-8-15,10(16)18-6)14-11(17)19-12(3,4)5;1-8(2)12(6-7-14(17)9(12)15)13-10(16)18-11(3,4)5;1-5(2)7(8)3-4-9(11)6(7)10;;1-2/h7-14,17,30H,15-16,25H2,1-2H3,(H,26,28);9,12H,10H2,1-8H3,(H,17,19);8-9,18H,7H2,1-6H3,(H,15,17);8-9,14H,7H2,1-6H3,(H,15,17);8-9H,7H2,1-6H3,(H,14,17);8,17H,6-7H2,1-5H3,(H,13,16);5,11H,3-4,8H2,1-2H3;1H4;2H,1H2/t24-;16-;3*13-;12-;7-;;/m0111111../s1. The number of nitrogen functional groups attached to an aromatic ring is 1. The van der Waals surface area contributed by atoms with E-state index in [1.54, 1.807) is 182 Å². The number of esters is 4. The predicted octanol–water partition coefficient (Wildman–Crippen LogP) is 13.0. The van der Waals surface area contributed by atoms with Gasteiger partial charge in [-0.2, -0.15) is 0 Å². The first-order chi connectivity index (χ1) is 64.1. The lowest BCUT2D eigenvalue weighted by atomic mass is 9.82. The Balaban J connectivity index is -0.000000784. The molecule has 0 aromatic heterocycles. The van der Waals surface area contributed by atoms with Gasteiger partial charge in [-0.25, -0.2) is 64.2 Å². The Labute approximate surface area is 833 Å². The fourth-order valence-electron chi connectivity index (χ4n) is 13.3. The number of allylic oxidation sites excluding steroid dienone is 1. The molecule has 7 atom stereocenters. The van der Waals surface area contributed by atoms with Crippen LogP contribution in [0, 0.1) is 70.5 Å². The molecule has 3 aliphatic heterocycles. The number of carbonyl (C=O) groups is 14. The summed E-state index contributed by atoms with van der Waals surface area (Å²) in [7, 11) is 5.01. The number of oxime groups is 1. The Morgan fingerprint density at radius 1 is 0.447 bits per heavy atom. The van der Waals surface area contributed by atoms with Crippen molar-refractivity contribution in [2.24, 2.45) is 58.2 Å². The number of hydroxylamine groups is 6. The molecule has 0 unspecified atom stereocenters. The summed E-state index contributed by atoms with van der Waals surface area (Å²) in [5.74, 6) is 9.69. The van der Waals surface area contributed by atoms with Crippen molar-refractivity contribution >= 4 is 102 Å². The van der Waals surface area contributed by atoms with E-state index in [-0.39, 0.29) is 93.0 Å². The molecule has 42 heteroatoms. The minimum absolute atomic E-state index is 0. The molecule has 2 aromatic rings. The van der Waals surface area contributed by atoms with Crippen LogP contribution in [-0.4, -0.2) is 253 Å². The zero-order valence-corrected chi connectivity index (χ0v) is 88.7. The van der Waals surface area contributed by atoms with Crippen LogP contribution in [-0.2, 0) is 81.0 Å². The smallest absolute Gasteiger partial charge is 0.408 e. The van der Waals surface area contributed by atoms with Crippen molar-refractivity contribution in [1.29, 1.82) is 5.41 Å². The average Bonchev–Trinajstić information content (AvgIpc) is 1.47. The number of benzene rings is 2. The summed E-state index contributed by atoms with van der Waals surface area (Å²) in [5.41, 5.74) is 3.68. The Hall–Kier alpha value is -12.2. The van der Waals surface area contributed by atoms with Gasteiger partial charge in [0.05, 0.1) is 48.1 Å². The number of carbonyl (C=O) groups excluding carboxylic acids is 14. The maximum absolute atomic E-state index is 12.7. The number of hydrogen-bond donors (Lipinski definition) is 15. The van der Waals surface area contributed by atoms with Gasteiger partial charge in [-0.05, 0) is 245 Å². The summed E-state index contributed by atoms with van der Waals surface area (Å²) in [4.78, 5) is 167. The number of hydrogen-bond acceptors (Lipinski definition) is 33. The summed E-state index contributed by atoms with van der Waals surface area (Å²) >= 11 is 0. The van der Waals surface area contributed by atoms with Gasteiger partial charge in [-0.1, -0.05) is 128 Å². The number of aldehydes is 1. The molecule has 2 aromatic carbocycles. The highest BCUT2D eigenvalue weighted by atomic mass is 16.6. The molecule has 0 spiro atoms. The van der Waals surface area contributed by atoms with E-state index in [2.05, 4.69) is 66.6 Å². The average molecular weight is 2000 g/mol. The minimum Gasteiger partial charge on any atom is -0.467 e. The number of nitrogens with one attached hydrogen (secondary N) is 7. The van der Waals surface area contributed by atoms with Crippen LogP contribution in [0.5, 0.6) is 0 Å². The van der Waals surface area contributed by atoms with Crippen molar-refractivity contribution in [3.05, 3.63) is 76.9 Å². The number of ether oxygens (including phenoxy) is 9. The van der Waals surface area contributed by atoms with Gasteiger partial charge in [0.15, 0.2) is 0 Å². The Kier molecular flexibility index (Phi) is 57.0. The number of nitrogens with zero attached hydrogens (tertiary/aromatic N) is 4. The summed E-state index contributed by atoms with van der Waals surface area (Å²) in [6, 6.07) is 14.0. The predicted molar refractivity (Wildman–Crippen MR) is 531 cm³/mol. The van der Waals surface area contributed by atoms with Gasteiger partial charge in [-0.15, -0.1) is 5.16 Å². The van der Waals surface area contributed by atoms with Gasteiger partial charge in [-0.3, -0.25) is 34.8 Å². The first kappa shape index (κ1) is 135. The SMILES string of the molecule is C.CC(C)[C@@]1(NC(=O)c2ccc(C#CC#Cc3ccc(N)cc3)cc2)CCN(O)C1=O.CC(C)[C@]1(N)CCN(O)C1=O.CC(C)[C@]1(NC(=O)OC(C)(C)C)CCN(O)C1=O.COC(=O)[C@](CC=C(C)C)(NC(=O)OC(C)(C)C)C(C)C.COC(=O)[C@](CC=N)(NC(=O)OC(C)(C)C)C(C)C.COC(=O)[C@](CC=NO)(NC(=O)OC(C)(C)C)C(C)C.COC(=O)[C@](CC=O)(NC(=O)OC(C)(C)C)C(C)C.NO. The second-order valence-electron chi connectivity index (χ2n) is 40.5. The van der Waals surface area contributed by atoms with Crippen LogP contribution in [0.3, 0.4) is 0 Å². The summed E-state index contributed by atoms with van der Waals surface area (Å²) in [6.45, 7) is 56.1. The molecular weight excluding hydrogens is 1830 g/mol. The second-order valence-corrected chi connectivity index (χ2v) is 40.5. The molecule has 0 bridgehead atoms. The molecule has 141 heavy (non-hydrogen) atoms. The van der Waals surface area contributed by atoms with E-state index in [0.717, 1.165) is 29.1 Å². The summed E-state index contributed by atoms with van der Waals surface area (Å²) in [6.07, 6.45) is 2.76. The number of anilines is 1. The second kappa shape index (κ2) is 59.5. The van der Waals surface area contributed by atoms with Crippen LogP contribution in [0.2, 0.25) is 0 Å². The zero-order valence-electron chi connectivity index (χ0n) is 88.7. The van der Waals surface area contributed by atoms with Gasteiger partial charge in [0, 0.05) is 54.3 Å². The lowest BCUT2D eigenvalue weighted by molar-refractivity contribution is -0.163. The van der Waals surface area contributed by atoms with E-state index in [9.17, 15) is 77.5 Å². The van der Waals surface area contributed by atoms with Crippen LogP contribution >= 0.6 is 0 Å². The number of amides is 9. The van der Waals surface area contributed by atoms with Crippen molar-refractivity contribution < 1.29 is 136 Å². The minimum atomic E-state index is -1.40. The highest BCUT2D eigenvalue weighted by Gasteiger charge is 2.54. The number of nitrogens with two attached hydrogens (primary N) is 3. The molecule has 3 aliphatic rings. The van der Waals surface area contributed by atoms with Crippen molar-refractivity contribution in [2.75, 3.05) is 53.8 Å². The van der Waals surface area contributed by atoms with Crippen molar-refractivity contribution in [3.8, 4) is 23.7 Å². The van der Waals surface area contributed by atoms with Crippen LogP contribution in [0.4, 0.5) is 29.7 Å². The van der Waals surface area contributed by atoms with Crippen molar-refractivity contribution in [2.45, 2.75) is 334 Å². The third kappa shape index (κ3) is 43.8. The van der Waals surface area contributed by atoms with Crippen LogP contribution < -0.4 is 49.3 Å². The Bertz CT molecular complexity index is 4530. The molecule has 0 radical (unpaired) electrons. The molecule has 0 saturated carbocycles. The van der Waals surface area contributed by atoms with E-state index in [0.29, 0.717) is 65.0 Å². The molecule has 3 fully saturated rings. The van der Waals surface area contributed by atoms with E-state index >= 15 is 0 Å². The normalized spacial score (nSPS) is 17.6. The third-order valence-electron chi connectivity index (χ3n) is 21.8. The first-order valence-corrected chi connectivity index (χ1v) is 45.6. The van der Waals surface area contributed by atoms with Crippen molar-refractivity contribution in [3.63, 3.8) is 0 Å². The topological polar surface area (TPSA) is 619 Å². The highest BCUT2D eigenvalue weighted by Crippen LogP contribution is 2.34. The summed E-state index contributed by atoms with van der Waals surface area (Å²) in [5, 5.41) is 71.0. The lowest BCUT2D eigenvalue weighted by Gasteiger charge is -2.35. The molecule has 18 N–H and O–H groups in total. The van der Waals surface area contributed by atoms with E-state index in [4.69, 9.17) is 75.1 Å². The monoisotopic (exact) mass is 2000 g/mol. The number of rotatable bonds is 26. The van der Waals surface area contributed by atoms with E-state index in [1.807, 2.05) is 87.4 Å². The van der Waals surface area contributed by atoms with Crippen LogP contribution in [0.1, 0.15) is 288 Å². The fraction of sp³-hybridized carbons (Fsp3) is 0.657. The van der Waals surface area contributed by atoms with Gasteiger partial charge < -0.3 is 107 Å². The largest absolute Gasteiger partial charge is 0.467 e. The van der Waals surface area contributed by atoms with Gasteiger partial charge in [0.1, 0.15) is 73.1 Å². The Morgan fingerprint density at radius 3 is 0.972 bits per heavy atom. The molecule has 42 nitrogen and oxygen atoms in total. The van der Waals surface area contributed by atoms with Crippen LogP contribution in [0.15, 0.2) is 65.3 Å². The summed E-state index contributed by atoms with van der Waals surface area (Å²) < 4.78 is 44.9. The molecule has 5 rings (SSSR count). The molecule has 800 valence electrons. The van der Waals surface area contributed by atoms with Crippen LogP contribution in [0.25, 0.3) is 0 Å². The quantitative estimate of drug-likeness (QED) is 0.00397. The molecule has 0 aliphatic carbocycles. The van der Waals surface area contributed by atoms with E-state index in [1.165, 1.54) is 28.4 Å². The molecule has 3 saturated heterocycles. The number of methoxy groups -OCH3 is 4. The maximum Gasteiger partial charge on any atom is 0.408 e. The molecule has 3 heterocycles. The Morgan fingerprint density at radius 2 is 0.730 bits per heavy atom. The van der Waals surface area contributed by atoms with Gasteiger partial charge in [0.25, 0.3) is 23.6 Å².